The first-order valence-electron chi connectivity index (χ1n) is 5.45. The van der Waals surface area contributed by atoms with Gasteiger partial charge in [0.1, 0.15) is 0 Å². The lowest BCUT2D eigenvalue weighted by Gasteiger charge is -2.12. The van der Waals surface area contributed by atoms with E-state index >= 15 is 0 Å². The molecular weight excluding hydrogens is 286 g/mol. The maximum atomic E-state index is 11.1. The van der Waals surface area contributed by atoms with E-state index in [1.807, 2.05) is 24.3 Å². The second-order valence-corrected chi connectivity index (χ2v) is 4.47. The highest BCUT2D eigenvalue weighted by molar-refractivity contribution is 9.10. The number of halogens is 1. The lowest BCUT2D eigenvalue weighted by molar-refractivity contribution is -0.145. The van der Waals surface area contributed by atoms with E-state index in [1.54, 1.807) is 6.92 Å². The second kappa shape index (κ2) is 7.29. The number of benzene rings is 1. The first-order valence-corrected chi connectivity index (χ1v) is 6.24. The predicted octanol–water partition coefficient (Wildman–Crippen LogP) is 2.18. The molecule has 0 saturated heterocycles. The van der Waals surface area contributed by atoms with Crippen LogP contribution in [0, 0.1) is 0 Å². The average molecular weight is 302 g/mol. The number of ether oxygens (including phenoxy) is 1. The number of carbonyl (C=O) groups excluding carboxylic acids is 1. The van der Waals surface area contributed by atoms with E-state index in [2.05, 4.69) is 21.2 Å². The largest absolute Gasteiger partial charge is 0.466 e. The fourth-order valence-corrected chi connectivity index (χ4v) is 1.72. The van der Waals surface area contributed by atoms with Crippen molar-refractivity contribution in [1.82, 2.24) is 0 Å². The van der Waals surface area contributed by atoms with Gasteiger partial charge in [-0.2, -0.15) is 0 Å². The zero-order valence-electron chi connectivity index (χ0n) is 9.65. The molecule has 4 nitrogen and oxygen atoms in total. The van der Waals surface area contributed by atoms with Gasteiger partial charge in [0, 0.05) is 16.7 Å². The summed E-state index contributed by atoms with van der Waals surface area (Å²) in [5.41, 5.74) is 0.891. The zero-order valence-corrected chi connectivity index (χ0v) is 11.2. The van der Waals surface area contributed by atoms with Crippen LogP contribution in [0.2, 0.25) is 0 Å². The molecule has 1 atom stereocenters. The van der Waals surface area contributed by atoms with Crippen molar-refractivity contribution in [2.24, 2.45) is 0 Å². The second-order valence-electron chi connectivity index (χ2n) is 3.55. The van der Waals surface area contributed by atoms with Crippen molar-refractivity contribution in [1.29, 1.82) is 0 Å². The molecule has 0 radical (unpaired) electrons. The number of hydrogen-bond donors (Lipinski definition) is 2. The first-order chi connectivity index (χ1) is 8.11. The van der Waals surface area contributed by atoms with Gasteiger partial charge in [-0.3, -0.25) is 4.79 Å². The summed E-state index contributed by atoms with van der Waals surface area (Å²) in [5, 5.41) is 12.6. The van der Waals surface area contributed by atoms with Crippen LogP contribution in [-0.2, 0) is 9.53 Å². The van der Waals surface area contributed by atoms with Crippen molar-refractivity contribution in [3.8, 4) is 0 Å². The summed E-state index contributed by atoms with van der Waals surface area (Å²) in [4.78, 5) is 11.1. The number of nitrogens with one attached hydrogen (secondary N) is 1. The van der Waals surface area contributed by atoms with Gasteiger partial charge in [-0.05, 0) is 25.1 Å². The molecular formula is C12H16BrNO3. The number of rotatable bonds is 6. The van der Waals surface area contributed by atoms with Crippen molar-refractivity contribution in [2.75, 3.05) is 18.5 Å². The van der Waals surface area contributed by atoms with Crippen LogP contribution in [0.15, 0.2) is 28.7 Å². The van der Waals surface area contributed by atoms with E-state index in [0.29, 0.717) is 13.2 Å². The molecule has 0 amide bonds. The zero-order chi connectivity index (χ0) is 12.7. The Kier molecular flexibility index (Phi) is 6.00. The Hall–Kier alpha value is -1.07. The molecule has 1 aromatic carbocycles. The van der Waals surface area contributed by atoms with Gasteiger partial charge in [0.25, 0.3) is 0 Å². The quantitative estimate of drug-likeness (QED) is 0.791. The van der Waals surface area contributed by atoms with Gasteiger partial charge in [0.05, 0.1) is 19.1 Å². The molecule has 1 unspecified atom stereocenters. The molecule has 17 heavy (non-hydrogen) atoms. The third-order valence-corrected chi connectivity index (χ3v) is 2.57. The molecule has 0 fully saturated rings. The Balaban J connectivity index is 2.33. The third-order valence-electron chi connectivity index (χ3n) is 2.07. The summed E-state index contributed by atoms with van der Waals surface area (Å²) in [6.07, 6.45) is -0.734. The third kappa shape index (κ3) is 5.70. The topological polar surface area (TPSA) is 58.6 Å². The summed E-state index contributed by atoms with van der Waals surface area (Å²) in [6.45, 7) is 2.39. The lowest BCUT2D eigenvalue weighted by Crippen LogP contribution is -2.23. The Labute approximate surface area is 109 Å². The number of anilines is 1. The van der Waals surface area contributed by atoms with Gasteiger partial charge in [-0.1, -0.05) is 22.0 Å². The standard InChI is InChI=1S/C12H16BrNO3/c1-2-17-12(16)7-11(15)8-14-10-5-3-4-9(13)6-10/h3-6,11,14-15H,2,7-8H2,1H3. The molecule has 0 aliphatic rings. The van der Waals surface area contributed by atoms with E-state index in [4.69, 9.17) is 4.74 Å². The van der Waals surface area contributed by atoms with Crippen LogP contribution in [0.1, 0.15) is 13.3 Å². The van der Waals surface area contributed by atoms with Crippen molar-refractivity contribution >= 4 is 27.6 Å². The van der Waals surface area contributed by atoms with Gasteiger partial charge in [-0.15, -0.1) is 0 Å². The van der Waals surface area contributed by atoms with Gasteiger partial charge < -0.3 is 15.2 Å². The lowest BCUT2D eigenvalue weighted by atomic mass is 10.2. The first kappa shape index (κ1) is 14.0. The molecule has 0 heterocycles. The minimum Gasteiger partial charge on any atom is -0.466 e. The Morgan fingerprint density at radius 1 is 1.59 bits per heavy atom. The van der Waals surface area contributed by atoms with E-state index in [-0.39, 0.29) is 12.4 Å². The highest BCUT2D eigenvalue weighted by Crippen LogP contribution is 2.15. The van der Waals surface area contributed by atoms with Crippen LogP contribution in [-0.4, -0.2) is 30.3 Å². The van der Waals surface area contributed by atoms with Crippen LogP contribution in [0.5, 0.6) is 0 Å². The smallest absolute Gasteiger partial charge is 0.308 e. The molecule has 94 valence electrons. The number of hydrogen-bond acceptors (Lipinski definition) is 4. The van der Waals surface area contributed by atoms with Crippen molar-refractivity contribution in [3.05, 3.63) is 28.7 Å². The van der Waals surface area contributed by atoms with Gasteiger partial charge in [0.15, 0.2) is 0 Å². The van der Waals surface area contributed by atoms with E-state index in [0.717, 1.165) is 10.2 Å². The fourth-order valence-electron chi connectivity index (χ4n) is 1.32. The predicted molar refractivity (Wildman–Crippen MR) is 69.9 cm³/mol. The summed E-state index contributed by atoms with van der Waals surface area (Å²) >= 11 is 3.35. The minimum atomic E-state index is -0.743. The molecule has 0 saturated carbocycles. The Morgan fingerprint density at radius 2 is 2.35 bits per heavy atom. The minimum absolute atomic E-state index is 0.00877. The molecule has 1 rings (SSSR count). The number of aliphatic hydroxyl groups is 1. The van der Waals surface area contributed by atoms with Crippen LogP contribution in [0.3, 0.4) is 0 Å². The molecule has 0 aromatic heterocycles. The monoisotopic (exact) mass is 301 g/mol. The molecule has 0 spiro atoms. The summed E-state index contributed by atoms with van der Waals surface area (Å²) in [7, 11) is 0. The Morgan fingerprint density at radius 3 is 3.00 bits per heavy atom. The fraction of sp³-hybridized carbons (Fsp3) is 0.417. The molecule has 1 aromatic rings. The average Bonchev–Trinajstić information content (AvgIpc) is 2.27. The van der Waals surface area contributed by atoms with Gasteiger partial charge >= 0.3 is 5.97 Å². The maximum Gasteiger partial charge on any atom is 0.308 e. The van der Waals surface area contributed by atoms with E-state index in [9.17, 15) is 9.90 Å². The van der Waals surface area contributed by atoms with Gasteiger partial charge in [0.2, 0.25) is 0 Å². The molecule has 0 bridgehead atoms. The SMILES string of the molecule is CCOC(=O)CC(O)CNc1cccc(Br)c1. The summed E-state index contributed by atoms with van der Waals surface area (Å²) < 4.78 is 5.71. The van der Waals surface area contributed by atoms with Gasteiger partial charge in [-0.25, -0.2) is 0 Å². The van der Waals surface area contributed by atoms with E-state index < -0.39 is 6.10 Å². The molecule has 5 heteroatoms. The van der Waals surface area contributed by atoms with Crippen molar-refractivity contribution in [3.63, 3.8) is 0 Å². The molecule has 0 aliphatic heterocycles. The summed E-state index contributed by atoms with van der Waals surface area (Å²) in [5.74, 6) is -0.379. The molecule has 2 N–H and O–H groups in total. The summed E-state index contributed by atoms with van der Waals surface area (Å²) in [6, 6.07) is 7.60. The van der Waals surface area contributed by atoms with Crippen LogP contribution in [0.4, 0.5) is 5.69 Å². The van der Waals surface area contributed by atoms with Crippen LogP contribution in [0.25, 0.3) is 0 Å². The van der Waals surface area contributed by atoms with Crippen LogP contribution >= 0.6 is 15.9 Å². The number of esters is 1. The number of aliphatic hydroxyl groups excluding tert-OH is 1. The van der Waals surface area contributed by atoms with Crippen molar-refractivity contribution < 1.29 is 14.6 Å². The highest BCUT2D eigenvalue weighted by Gasteiger charge is 2.11. The highest BCUT2D eigenvalue weighted by atomic mass is 79.9. The molecule has 0 aliphatic carbocycles. The maximum absolute atomic E-state index is 11.1. The number of carbonyl (C=O) groups is 1. The normalized spacial score (nSPS) is 11.9. The van der Waals surface area contributed by atoms with Crippen molar-refractivity contribution in [2.45, 2.75) is 19.4 Å². The Bertz CT molecular complexity index is 371. The van der Waals surface area contributed by atoms with E-state index in [1.165, 1.54) is 0 Å². The van der Waals surface area contributed by atoms with Crippen LogP contribution < -0.4 is 5.32 Å².